The monoisotopic (exact) mass is 276 g/mol. The van der Waals surface area contributed by atoms with E-state index in [4.69, 9.17) is 15.4 Å². The fraction of sp³-hybridized carbons (Fsp3) is 0.429. The Hall–Kier alpha value is -1.90. The van der Waals surface area contributed by atoms with Gasteiger partial charge in [0.25, 0.3) is 6.35 Å². The van der Waals surface area contributed by atoms with E-state index < -0.39 is 18.6 Å². The number of aromatic nitrogens is 2. The normalized spacial score (nSPS) is 11.1. The maximum atomic E-state index is 10.7. The third-order valence-electron chi connectivity index (χ3n) is 1.77. The lowest BCUT2D eigenvalue weighted by Gasteiger charge is -2.05. The summed E-state index contributed by atoms with van der Waals surface area (Å²) in [7, 11) is -2.35. The largest absolute Gasteiger partial charge is 0.534 e. The third kappa shape index (κ3) is 4.17. The van der Waals surface area contributed by atoms with Crippen molar-refractivity contribution in [2.24, 2.45) is 0 Å². The van der Waals surface area contributed by atoms with Crippen LogP contribution < -0.4 is 11.1 Å². The topological polar surface area (TPSA) is 154 Å². The van der Waals surface area contributed by atoms with Crippen molar-refractivity contribution in [3.8, 4) is 0 Å². The number of nitrogens with two attached hydrogens (primary N) is 1. The molecule has 0 aliphatic rings. The number of ether oxygens (including phenoxy) is 1. The van der Waals surface area contributed by atoms with Gasteiger partial charge in [0.05, 0.1) is 11.5 Å². The van der Waals surface area contributed by atoms with Crippen LogP contribution in [0.4, 0.5) is 17.3 Å². The molecule has 0 amide bonds. The Kier molecular flexibility index (Phi) is 5.31. The standard InChI is InChI=1S/C7H10N5O5P/c8-6-5(12(13)14)7(11-3-10-6)9-1-2-17-4-18(15)16/h3H,1-2,4H2,(H3-,8,9,10,11,15,16)/p+1. The van der Waals surface area contributed by atoms with Crippen LogP contribution in [0.2, 0.25) is 0 Å². The first-order valence-corrected chi connectivity index (χ1v) is 6.12. The van der Waals surface area contributed by atoms with Crippen LogP contribution in [0.1, 0.15) is 0 Å². The predicted molar refractivity (Wildman–Crippen MR) is 62.2 cm³/mol. The van der Waals surface area contributed by atoms with Crippen LogP contribution in [-0.4, -0.2) is 39.3 Å². The number of nitrogen functional groups attached to an aromatic ring is 1. The van der Waals surface area contributed by atoms with Crippen molar-refractivity contribution in [1.29, 1.82) is 0 Å². The number of anilines is 2. The summed E-state index contributed by atoms with van der Waals surface area (Å²) in [5.41, 5.74) is 4.95. The van der Waals surface area contributed by atoms with Crippen molar-refractivity contribution in [2.75, 3.05) is 30.6 Å². The van der Waals surface area contributed by atoms with Crippen molar-refractivity contribution in [3.63, 3.8) is 0 Å². The maximum Gasteiger partial charge on any atom is 0.534 e. The minimum absolute atomic E-state index is 0.0236. The molecule has 0 saturated heterocycles. The van der Waals surface area contributed by atoms with Crippen molar-refractivity contribution in [1.82, 2.24) is 9.97 Å². The average molecular weight is 276 g/mol. The summed E-state index contributed by atoms with van der Waals surface area (Å²) in [6.07, 6.45) is 0.807. The Morgan fingerprint density at radius 2 is 2.33 bits per heavy atom. The molecule has 1 aromatic heterocycles. The molecule has 10 nitrogen and oxygen atoms in total. The molecule has 0 aromatic carbocycles. The number of nitrogens with zero attached hydrogens (tertiary/aromatic N) is 3. The van der Waals surface area contributed by atoms with Gasteiger partial charge in [0, 0.05) is 6.54 Å². The highest BCUT2D eigenvalue weighted by molar-refractivity contribution is 7.37. The molecule has 0 bridgehead atoms. The number of hydrogen-bond donors (Lipinski definition) is 3. The lowest BCUT2D eigenvalue weighted by Crippen LogP contribution is -2.13. The second-order valence-electron chi connectivity index (χ2n) is 3.03. The molecular weight excluding hydrogens is 265 g/mol. The summed E-state index contributed by atoms with van der Waals surface area (Å²) in [6.45, 7) is 0.281. The molecule has 4 N–H and O–H groups in total. The van der Waals surface area contributed by atoms with Crippen LogP contribution >= 0.6 is 8.03 Å². The Bertz CT molecular complexity index is 456. The van der Waals surface area contributed by atoms with Crippen molar-refractivity contribution in [3.05, 3.63) is 16.4 Å². The maximum absolute atomic E-state index is 10.7. The van der Waals surface area contributed by atoms with E-state index in [1.807, 2.05) is 0 Å². The molecule has 1 atom stereocenters. The minimum Gasteiger partial charge on any atom is -0.378 e. The fourth-order valence-corrected chi connectivity index (χ4v) is 1.37. The number of rotatable bonds is 7. The van der Waals surface area contributed by atoms with Crippen molar-refractivity contribution in [2.45, 2.75) is 0 Å². The van der Waals surface area contributed by atoms with Gasteiger partial charge in [0.1, 0.15) is 6.33 Å². The van der Waals surface area contributed by atoms with Crippen LogP contribution in [0.5, 0.6) is 0 Å². The van der Waals surface area contributed by atoms with Crippen LogP contribution in [0.25, 0.3) is 0 Å². The van der Waals surface area contributed by atoms with E-state index in [2.05, 4.69) is 15.3 Å². The van der Waals surface area contributed by atoms with E-state index in [9.17, 15) is 14.7 Å². The van der Waals surface area contributed by atoms with Gasteiger partial charge in [-0.05, 0) is 4.57 Å². The zero-order valence-corrected chi connectivity index (χ0v) is 10.0. The highest BCUT2D eigenvalue weighted by atomic mass is 31.1. The second kappa shape index (κ2) is 6.74. The highest BCUT2D eigenvalue weighted by Gasteiger charge is 2.20. The quantitative estimate of drug-likeness (QED) is 0.272. The molecule has 0 saturated carbocycles. The first-order valence-electron chi connectivity index (χ1n) is 4.72. The van der Waals surface area contributed by atoms with Gasteiger partial charge in [-0.3, -0.25) is 10.1 Å². The fourth-order valence-electron chi connectivity index (χ4n) is 1.09. The number of nitro groups is 1. The summed E-state index contributed by atoms with van der Waals surface area (Å²) >= 11 is 0. The average Bonchev–Trinajstić information content (AvgIpc) is 2.27. The molecule has 1 rings (SSSR count). The van der Waals surface area contributed by atoms with Crippen LogP contribution in [0.3, 0.4) is 0 Å². The molecule has 0 spiro atoms. The Morgan fingerprint density at radius 3 is 2.94 bits per heavy atom. The number of hydrogen-bond acceptors (Lipinski definition) is 8. The lowest BCUT2D eigenvalue weighted by molar-refractivity contribution is -0.383. The molecule has 0 aliphatic carbocycles. The van der Waals surface area contributed by atoms with Gasteiger partial charge in [-0.1, -0.05) is 0 Å². The van der Waals surface area contributed by atoms with Crippen LogP contribution in [0.15, 0.2) is 6.33 Å². The molecule has 1 unspecified atom stereocenters. The van der Waals surface area contributed by atoms with Gasteiger partial charge in [0.2, 0.25) is 11.6 Å². The van der Waals surface area contributed by atoms with Gasteiger partial charge >= 0.3 is 13.7 Å². The van der Waals surface area contributed by atoms with Crippen molar-refractivity contribution < 1.29 is 19.1 Å². The molecule has 1 aromatic rings. The summed E-state index contributed by atoms with van der Waals surface area (Å²) in [5, 5.41) is 13.4. The summed E-state index contributed by atoms with van der Waals surface area (Å²) < 4.78 is 15.1. The summed E-state index contributed by atoms with van der Waals surface area (Å²) in [4.78, 5) is 25.7. The van der Waals surface area contributed by atoms with Crippen molar-refractivity contribution >= 4 is 25.4 Å². The van der Waals surface area contributed by atoms with Gasteiger partial charge in [-0.15, -0.1) is 0 Å². The van der Waals surface area contributed by atoms with E-state index in [0.29, 0.717) is 0 Å². The van der Waals surface area contributed by atoms with Crippen LogP contribution in [-0.2, 0) is 9.30 Å². The molecule has 0 fully saturated rings. The Labute approximate surface area is 102 Å². The van der Waals surface area contributed by atoms with Gasteiger partial charge in [-0.25, -0.2) is 9.97 Å². The molecule has 18 heavy (non-hydrogen) atoms. The summed E-state index contributed by atoms with van der Waals surface area (Å²) in [6, 6.07) is 0. The van der Waals surface area contributed by atoms with E-state index >= 15 is 0 Å². The van der Waals surface area contributed by atoms with Gasteiger partial charge < -0.3 is 15.8 Å². The Balaban J connectivity index is 2.54. The first kappa shape index (κ1) is 14.2. The molecule has 11 heteroatoms. The lowest BCUT2D eigenvalue weighted by atomic mass is 10.4. The minimum atomic E-state index is -2.35. The highest BCUT2D eigenvalue weighted by Crippen LogP contribution is 2.25. The molecule has 98 valence electrons. The smallest absolute Gasteiger partial charge is 0.378 e. The van der Waals surface area contributed by atoms with E-state index in [1.165, 1.54) is 0 Å². The molecule has 1 heterocycles. The SMILES string of the molecule is Nc1ncnc(NCCOC[P+](=O)O)c1[N+](=O)[O-]. The molecule has 0 radical (unpaired) electrons. The summed E-state index contributed by atoms with van der Waals surface area (Å²) in [5.74, 6) is -0.263. The Morgan fingerprint density at radius 1 is 1.61 bits per heavy atom. The van der Waals surface area contributed by atoms with Crippen LogP contribution in [0, 0.1) is 10.1 Å². The third-order valence-corrected chi connectivity index (χ3v) is 2.18. The van der Waals surface area contributed by atoms with E-state index in [-0.39, 0.29) is 31.1 Å². The van der Waals surface area contributed by atoms with E-state index in [1.54, 1.807) is 0 Å². The van der Waals surface area contributed by atoms with E-state index in [0.717, 1.165) is 6.33 Å². The predicted octanol–water partition coefficient (Wildman–Crippen LogP) is 0.0877. The zero-order chi connectivity index (χ0) is 13.5. The molecular formula is C7H11N5O5P+. The number of nitrogens with one attached hydrogen (secondary N) is 1. The molecule has 0 aliphatic heterocycles. The van der Waals surface area contributed by atoms with Gasteiger partial charge in [0.15, 0.2) is 0 Å². The second-order valence-corrected chi connectivity index (χ2v) is 3.99. The van der Waals surface area contributed by atoms with Gasteiger partial charge in [-0.2, -0.15) is 4.89 Å². The first-order chi connectivity index (χ1) is 8.52. The zero-order valence-electron chi connectivity index (χ0n) is 9.15.